The van der Waals surface area contributed by atoms with E-state index in [0.717, 1.165) is 37.4 Å². The predicted molar refractivity (Wildman–Crippen MR) is 107 cm³/mol. The summed E-state index contributed by atoms with van der Waals surface area (Å²) in [5, 5.41) is 0. The third-order valence-electron chi connectivity index (χ3n) is 5.27. The molecule has 0 saturated carbocycles. The van der Waals surface area contributed by atoms with Gasteiger partial charge in [-0.15, -0.1) is 24.8 Å². The number of hydrogen-bond acceptors (Lipinski definition) is 4. The molecule has 2 fully saturated rings. The summed E-state index contributed by atoms with van der Waals surface area (Å²) in [5.74, 6) is 0.948. The van der Waals surface area contributed by atoms with Crippen molar-refractivity contribution in [3.05, 3.63) is 23.9 Å². The van der Waals surface area contributed by atoms with E-state index in [1.54, 1.807) is 6.20 Å². The van der Waals surface area contributed by atoms with Gasteiger partial charge in [-0.05, 0) is 43.2 Å². The van der Waals surface area contributed by atoms with E-state index >= 15 is 0 Å². The molecule has 2 N–H and O–H groups in total. The molecule has 2 aliphatic heterocycles. The number of nitrogens with zero attached hydrogens (tertiary/aromatic N) is 3. The third kappa shape index (κ3) is 4.78. The minimum atomic E-state index is -0.0403. The smallest absolute Gasteiger partial charge is 0.257 e. The maximum absolute atomic E-state index is 13.1. The van der Waals surface area contributed by atoms with Gasteiger partial charge in [0.2, 0.25) is 0 Å². The zero-order valence-corrected chi connectivity index (χ0v) is 16.7. The second-order valence-corrected chi connectivity index (χ2v) is 7.53. The van der Waals surface area contributed by atoms with E-state index in [9.17, 15) is 4.79 Å². The van der Waals surface area contributed by atoms with E-state index in [-0.39, 0.29) is 42.2 Å². The predicted octanol–water partition coefficient (Wildman–Crippen LogP) is 3.11. The van der Waals surface area contributed by atoms with E-state index in [1.807, 2.05) is 17.0 Å². The number of halogens is 2. The first-order valence-corrected chi connectivity index (χ1v) is 8.74. The first-order valence-electron chi connectivity index (χ1n) is 8.74. The number of rotatable bonds is 2. The summed E-state index contributed by atoms with van der Waals surface area (Å²) in [6.45, 7) is 7.72. The molecule has 3 rings (SSSR count). The molecule has 1 unspecified atom stereocenters. The summed E-state index contributed by atoms with van der Waals surface area (Å²) in [7, 11) is 0. The Morgan fingerprint density at radius 3 is 2.52 bits per heavy atom. The third-order valence-corrected chi connectivity index (χ3v) is 5.27. The van der Waals surface area contributed by atoms with Crippen LogP contribution in [0.15, 0.2) is 18.3 Å². The van der Waals surface area contributed by atoms with Gasteiger partial charge in [-0.1, -0.05) is 13.8 Å². The molecular formula is C18H30Cl2N4O. The molecule has 25 heavy (non-hydrogen) atoms. The Balaban J connectivity index is 0.00000156. The summed E-state index contributed by atoms with van der Waals surface area (Å²) >= 11 is 0. The monoisotopic (exact) mass is 388 g/mol. The van der Waals surface area contributed by atoms with Gasteiger partial charge in [-0.25, -0.2) is 4.98 Å². The molecule has 2 saturated heterocycles. The van der Waals surface area contributed by atoms with Crippen LogP contribution in [-0.2, 0) is 0 Å². The van der Waals surface area contributed by atoms with Crippen molar-refractivity contribution in [2.45, 2.75) is 45.6 Å². The highest BCUT2D eigenvalue weighted by Gasteiger charge is 2.36. The van der Waals surface area contributed by atoms with Gasteiger partial charge in [0.15, 0.2) is 0 Å². The summed E-state index contributed by atoms with van der Waals surface area (Å²) in [4.78, 5) is 21.8. The van der Waals surface area contributed by atoms with Crippen molar-refractivity contribution in [1.82, 2.24) is 9.88 Å². The Labute approximate surface area is 163 Å². The molecule has 1 atom stereocenters. The number of anilines is 1. The maximum Gasteiger partial charge on any atom is 0.257 e. The SMILES string of the molecule is CC1(C)CN(C(=O)c2cccnc2N2CCCCC2)CCC1N.Cl.Cl. The number of hydrogen-bond donors (Lipinski definition) is 1. The average Bonchev–Trinajstić information content (AvgIpc) is 2.57. The largest absolute Gasteiger partial charge is 0.356 e. The number of aromatic nitrogens is 1. The Morgan fingerprint density at radius 1 is 1.20 bits per heavy atom. The standard InChI is InChI=1S/C18H28N4O.2ClH/c1-18(2)13-22(12-8-15(18)19)17(23)14-7-6-9-20-16(14)21-10-4-3-5-11-21;;/h6-7,9,15H,3-5,8,10-13,19H2,1-2H3;2*1H. The first kappa shape index (κ1) is 22.0. The van der Waals surface area contributed by atoms with Crippen LogP contribution in [0.2, 0.25) is 0 Å². The van der Waals surface area contributed by atoms with Crippen molar-refractivity contribution in [2.24, 2.45) is 11.1 Å². The van der Waals surface area contributed by atoms with Gasteiger partial charge in [0.25, 0.3) is 5.91 Å². The van der Waals surface area contributed by atoms with Gasteiger partial charge in [-0.2, -0.15) is 0 Å². The molecule has 0 aromatic carbocycles. The van der Waals surface area contributed by atoms with Crippen molar-refractivity contribution in [3.8, 4) is 0 Å². The molecule has 2 aliphatic rings. The fourth-order valence-corrected chi connectivity index (χ4v) is 3.64. The van der Waals surface area contributed by atoms with Crippen LogP contribution in [0, 0.1) is 5.41 Å². The first-order chi connectivity index (χ1) is 11.0. The minimum Gasteiger partial charge on any atom is -0.356 e. The summed E-state index contributed by atoms with van der Waals surface area (Å²) in [6, 6.07) is 3.93. The lowest BCUT2D eigenvalue weighted by molar-refractivity contribution is 0.0533. The van der Waals surface area contributed by atoms with E-state index in [4.69, 9.17) is 5.73 Å². The quantitative estimate of drug-likeness (QED) is 0.844. The molecule has 0 spiro atoms. The Bertz CT molecular complexity index is 576. The van der Waals surface area contributed by atoms with Crippen molar-refractivity contribution >= 4 is 36.5 Å². The van der Waals surface area contributed by atoms with Gasteiger partial charge in [-0.3, -0.25) is 4.79 Å². The van der Waals surface area contributed by atoms with Crippen LogP contribution in [0.3, 0.4) is 0 Å². The van der Waals surface area contributed by atoms with Crippen LogP contribution in [0.1, 0.15) is 49.9 Å². The van der Waals surface area contributed by atoms with Gasteiger partial charge >= 0.3 is 0 Å². The Hall–Kier alpha value is -1.04. The molecule has 0 radical (unpaired) electrons. The van der Waals surface area contributed by atoms with E-state index in [1.165, 1.54) is 19.3 Å². The van der Waals surface area contributed by atoms with Crippen LogP contribution >= 0.6 is 24.8 Å². The van der Waals surface area contributed by atoms with Crippen LogP contribution in [0.25, 0.3) is 0 Å². The fourth-order valence-electron chi connectivity index (χ4n) is 3.64. The average molecular weight is 389 g/mol. The van der Waals surface area contributed by atoms with Gasteiger partial charge < -0.3 is 15.5 Å². The Morgan fingerprint density at radius 2 is 1.88 bits per heavy atom. The molecule has 1 aromatic rings. The molecule has 142 valence electrons. The number of nitrogens with two attached hydrogens (primary N) is 1. The number of pyridine rings is 1. The molecule has 1 amide bonds. The molecular weight excluding hydrogens is 359 g/mol. The summed E-state index contributed by atoms with van der Waals surface area (Å²) in [6.07, 6.45) is 6.27. The van der Waals surface area contributed by atoms with E-state index < -0.39 is 0 Å². The second kappa shape index (κ2) is 9.06. The number of likely N-dealkylation sites (tertiary alicyclic amines) is 1. The fraction of sp³-hybridized carbons (Fsp3) is 0.667. The van der Waals surface area contributed by atoms with Crippen molar-refractivity contribution in [3.63, 3.8) is 0 Å². The zero-order valence-electron chi connectivity index (χ0n) is 15.1. The van der Waals surface area contributed by atoms with Crippen molar-refractivity contribution in [2.75, 3.05) is 31.1 Å². The number of carbonyl (C=O) groups excluding carboxylic acids is 1. The van der Waals surface area contributed by atoms with Gasteiger partial charge in [0.1, 0.15) is 5.82 Å². The van der Waals surface area contributed by atoms with E-state index in [2.05, 4.69) is 23.7 Å². The second-order valence-electron chi connectivity index (χ2n) is 7.53. The van der Waals surface area contributed by atoms with Crippen molar-refractivity contribution < 1.29 is 4.79 Å². The molecule has 1 aromatic heterocycles. The van der Waals surface area contributed by atoms with Crippen LogP contribution in [0.5, 0.6) is 0 Å². The molecule has 0 bridgehead atoms. The molecule has 3 heterocycles. The number of piperidine rings is 2. The van der Waals surface area contributed by atoms with Crippen LogP contribution < -0.4 is 10.6 Å². The zero-order chi connectivity index (χ0) is 16.4. The summed E-state index contributed by atoms with van der Waals surface area (Å²) < 4.78 is 0. The maximum atomic E-state index is 13.1. The van der Waals surface area contributed by atoms with Crippen LogP contribution in [0.4, 0.5) is 5.82 Å². The number of amides is 1. The van der Waals surface area contributed by atoms with E-state index in [0.29, 0.717) is 6.54 Å². The molecule has 0 aliphatic carbocycles. The van der Waals surface area contributed by atoms with Crippen LogP contribution in [-0.4, -0.2) is 48.0 Å². The lowest BCUT2D eigenvalue weighted by Crippen LogP contribution is -2.54. The molecule has 7 heteroatoms. The topological polar surface area (TPSA) is 62.5 Å². The highest BCUT2D eigenvalue weighted by Crippen LogP contribution is 2.30. The normalized spacial score (nSPS) is 22.6. The van der Waals surface area contributed by atoms with Gasteiger partial charge in [0, 0.05) is 38.4 Å². The molecule has 5 nitrogen and oxygen atoms in total. The van der Waals surface area contributed by atoms with Gasteiger partial charge in [0.05, 0.1) is 5.56 Å². The number of carbonyl (C=O) groups is 1. The highest BCUT2D eigenvalue weighted by molar-refractivity contribution is 5.99. The lowest BCUT2D eigenvalue weighted by Gasteiger charge is -2.43. The Kier molecular flexibility index (Phi) is 7.97. The lowest BCUT2D eigenvalue weighted by atomic mass is 9.79. The highest BCUT2D eigenvalue weighted by atomic mass is 35.5. The minimum absolute atomic E-state index is 0. The van der Waals surface area contributed by atoms with Crippen molar-refractivity contribution in [1.29, 1.82) is 0 Å². The summed E-state index contributed by atoms with van der Waals surface area (Å²) in [5.41, 5.74) is 6.90.